The van der Waals surface area contributed by atoms with Crippen molar-refractivity contribution in [3.8, 4) is 11.8 Å². The predicted octanol–water partition coefficient (Wildman–Crippen LogP) is 0.788. The molecule has 0 spiro atoms. The summed E-state index contributed by atoms with van der Waals surface area (Å²) < 4.78 is 12.8. The van der Waals surface area contributed by atoms with Gasteiger partial charge < -0.3 is 11.1 Å². The first kappa shape index (κ1) is 18.1. The lowest BCUT2D eigenvalue weighted by Gasteiger charge is -2.14. The molecule has 0 unspecified atom stereocenters. The van der Waals surface area contributed by atoms with Gasteiger partial charge in [-0.3, -0.25) is 14.8 Å². The first-order chi connectivity index (χ1) is 12.0. The second-order valence-corrected chi connectivity index (χ2v) is 5.07. The van der Waals surface area contributed by atoms with Crippen LogP contribution in [0.5, 0.6) is 0 Å². The quantitative estimate of drug-likeness (QED) is 0.375. The smallest absolute Gasteiger partial charge is 0.267 e. The number of carbonyl (C=O) groups excluding carboxylic acids is 2. The van der Waals surface area contributed by atoms with Crippen molar-refractivity contribution >= 4 is 11.8 Å². The molecule has 2 aromatic rings. The van der Waals surface area contributed by atoms with Gasteiger partial charge in [0.2, 0.25) is 0 Å². The third kappa shape index (κ3) is 5.14. The van der Waals surface area contributed by atoms with Crippen molar-refractivity contribution in [3.05, 3.63) is 71.0 Å². The summed E-state index contributed by atoms with van der Waals surface area (Å²) in [4.78, 5) is 23.4. The molecular formula is C18H16FN3O3. The van der Waals surface area contributed by atoms with Gasteiger partial charge in [-0.2, -0.15) is 0 Å². The zero-order chi connectivity index (χ0) is 18.2. The molecule has 1 atom stereocenters. The van der Waals surface area contributed by atoms with Gasteiger partial charge in [-0.1, -0.05) is 11.8 Å². The van der Waals surface area contributed by atoms with Gasteiger partial charge in [0.25, 0.3) is 11.8 Å². The van der Waals surface area contributed by atoms with Crippen LogP contribution in [-0.4, -0.2) is 29.6 Å². The average Bonchev–Trinajstić information content (AvgIpc) is 2.65. The summed E-state index contributed by atoms with van der Waals surface area (Å²) in [6.45, 7) is -0.153. The lowest BCUT2D eigenvalue weighted by Crippen LogP contribution is -2.50. The van der Waals surface area contributed by atoms with E-state index >= 15 is 0 Å². The zero-order valence-electron chi connectivity index (χ0n) is 13.1. The molecule has 0 saturated heterocycles. The van der Waals surface area contributed by atoms with Gasteiger partial charge >= 0.3 is 0 Å². The second kappa shape index (κ2) is 8.59. The molecule has 7 heteroatoms. The van der Waals surface area contributed by atoms with Crippen molar-refractivity contribution in [3.63, 3.8) is 0 Å². The van der Waals surface area contributed by atoms with E-state index in [2.05, 4.69) is 17.2 Å². The molecule has 128 valence electrons. The average molecular weight is 341 g/mol. The number of nitrogens with one attached hydrogen (secondary N) is 2. The van der Waals surface area contributed by atoms with Crippen LogP contribution in [0, 0.1) is 17.7 Å². The summed E-state index contributed by atoms with van der Waals surface area (Å²) in [6.07, 6.45) is 0. The molecule has 2 aromatic carbocycles. The fraction of sp³-hybridized carbons (Fsp3) is 0.111. The van der Waals surface area contributed by atoms with E-state index in [1.54, 1.807) is 36.4 Å². The van der Waals surface area contributed by atoms with Crippen LogP contribution in [0.3, 0.4) is 0 Å². The summed E-state index contributed by atoms with van der Waals surface area (Å²) in [5.41, 5.74) is 8.48. The molecular weight excluding hydrogens is 325 g/mol. The number of hydrogen-bond donors (Lipinski definition) is 4. The van der Waals surface area contributed by atoms with Crippen LogP contribution >= 0.6 is 0 Å². The maximum absolute atomic E-state index is 12.8. The van der Waals surface area contributed by atoms with Gasteiger partial charge in [0, 0.05) is 23.2 Å². The van der Waals surface area contributed by atoms with E-state index in [0.29, 0.717) is 16.7 Å². The second-order valence-electron chi connectivity index (χ2n) is 5.07. The van der Waals surface area contributed by atoms with Crippen LogP contribution in [0.2, 0.25) is 0 Å². The fourth-order valence-corrected chi connectivity index (χ4v) is 1.93. The first-order valence-corrected chi connectivity index (χ1v) is 7.36. The van der Waals surface area contributed by atoms with E-state index in [1.807, 2.05) is 0 Å². The molecule has 0 aliphatic carbocycles. The van der Waals surface area contributed by atoms with Crippen LogP contribution < -0.4 is 16.5 Å². The molecule has 0 heterocycles. The highest BCUT2D eigenvalue weighted by Gasteiger charge is 2.19. The van der Waals surface area contributed by atoms with Crippen molar-refractivity contribution in [1.29, 1.82) is 0 Å². The Morgan fingerprint density at radius 3 is 2.04 bits per heavy atom. The summed E-state index contributed by atoms with van der Waals surface area (Å²) in [6, 6.07) is 11.2. The molecule has 0 aliphatic heterocycles. The standard InChI is InChI=1S/C18H16FN3O3/c19-15-9-5-13(6-10-15)2-1-12-3-7-14(8-4-12)17(23)21-16(11-20)18(24)22-25/h3-10,16,25H,11,20H2,(H,21,23)(H,22,24)/t16-/m0/s1. The molecule has 0 aliphatic rings. The summed E-state index contributed by atoms with van der Waals surface area (Å²) in [7, 11) is 0. The molecule has 2 rings (SSSR count). The Labute approximate surface area is 143 Å². The zero-order valence-corrected chi connectivity index (χ0v) is 13.1. The number of halogens is 1. The Hall–Kier alpha value is -3.21. The molecule has 0 radical (unpaired) electrons. The largest absolute Gasteiger partial charge is 0.339 e. The van der Waals surface area contributed by atoms with Gasteiger partial charge in [0.1, 0.15) is 11.9 Å². The van der Waals surface area contributed by atoms with Crippen LogP contribution in [0.15, 0.2) is 48.5 Å². The molecule has 25 heavy (non-hydrogen) atoms. The van der Waals surface area contributed by atoms with E-state index in [1.165, 1.54) is 17.6 Å². The molecule has 2 amide bonds. The van der Waals surface area contributed by atoms with Crippen LogP contribution in [0.25, 0.3) is 0 Å². The number of benzene rings is 2. The SMILES string of the molecule is NC[C@H](NC(=O)c1ccc(C#Cc2ccc(F)cc2)cc1)C(=O)NO. The minimum absolute atomic E-state index is 0.153. The van der Waals surface area contributed by atoms with Crippen molar-refractivity contribution in [2.45, 2.75) is 6.04 Å². The number of hydrogen-bond acceptors (Lipinski definition) is 4. The third-order valence-corrected chi connectivity index (χ3v) is 3.31. The summed E-state index contributed by atoms with van der Waals surface area (Å²) in [5, 5.41) is 11.0. The van der Waals surface area contributed by atoms with Crippen LogP contribution in [0.1, 0.15) is 21.5 Å². The highest BCUT2D eigenvalue weighted by molar-refractivity contribution is 5.97. The lowest BCUT2D eigenvalue weighted by molar-refractivity contribution is -0.130. The highest BCUT2D eigenvalue weighted by atomic mass is 19.1. The van der Waals surface area contributed by atoms with Crippen molar-refractivity contribution in [1.82, 2.24) is 10.8 Å². The fourth-order valence-electron chi connectivity index (χ4n) is 1.93. The Balaban J connectivity index is 2.05. The van der Waals surface area contributed by atoms with Crippen LogP contribution in [-0.2, 0) is 4.79 Å². The molecule has 5 N–H and O–H groups in total. The van der Waals surface area contributed by atoms with Gasteiger partial charge in [0.15, 0.2) is 0 Å². The normalized spacial score (nSPS) is 11.0. The van der Waals surface area contributed by atoms with Crippen molar-refractivity contribution in [2.75, 3.05) is 6.54 Å². The number of carbonyl (C=O) groups is 2. The van der Waals surface area contributed by atoms with E-state index in [-0.39, 0.29) is 12.4 Å². The van der Waals surface area contributed by atoms with E-state index in [4.69, 9.17) is 10.9 Å². The maximum atomic E-state index is 12.8. The minimum Gasteiger partial charge on any atom is -0.339 e. The van der Waals surface area contributed by atoms with Crippen molar-refractivity contribution < 1.29 is 19.2 Å². The number of rotatable bonds is 4. The van der Waals surface area contributed by atoms with Crippen LogP contribution in [0.4, 0.5) is 4.39 Å². The van der Waals surface area contributed by atoms with E-state index < -0.39 is 17.9 Å². The van der Waals surface area contributed by atoms with E-state index in [9.17, 15) is 14.0 Å². The van der Waals surface area contributed by atoms with Gasteiger partial charge in [0.05, 0.1) is 0 Å². The molecule has 6 nitrogen and oxygen atoms in total. The Morgan fingerprint density at radius 1 is 1.04 bits per heavy atom. The molecule has 0 saturated carbocycles. The van der Waals surface area contributed by atoms with Gasteiger partial charge in [-0.25, -0.2) is 9.87 Å². The van der Waals surface area contributed by atoms with Crippen molar-refractivity contribution in [2.24, 2.45) is 5.73 Å². The van der Waals surface area contributed by atoms with E-state index in [0.717, 1.165) is 0 Å². The Bertz CT molecular complexity index is 808. The molecule has 0 fully saturated rings. The van der Waals surface area contributed by atoms with Gasteiger partial charge in [-0.05, 0) is 48.5 Å². The molecule has 0 bridgehead atoms. The molecule has 0 aromatic heterocycles. The lowest BCUT2D eigenvalue weighted by atomic mass is 10.1. The monoisotopic (exact) mass is 341 g/mol. The van der Waals surface area contributed by atoms with Gasteiger partial charge in [-0.15, -0.1) is 0 Å². The minimum atomic E-state index is -1.03. The Morgan fingerprint density at radius 2 is 1.56 bits per heavy atom. The summed E-state index contributed by atoms with van der Waals surface area (Å²) in [5.74, 6) is 4.17. The number of nitrogens with two attached hydrogens (primary N) is 1. The topological polar surface area (TPSA) is 104 Å². The maximum Gasteiger partial charge on any atom is 0.267 e. The predicted molar refractivity (Wildman–Crippen MR) is 89.1 cm³/mol. The number of amides is 2. The summed E-state index contributed by atoms with van der Waals surface area (Å²) >= 11 is 0. The Kier molecular flexibility index (Phi) is 6.23. The third-order valence-electron chi connectivity index (χ3n) is 3.31. The highest BCUT2D eigenvalue weighted by Crippen LogP contribution is 2.05. The first-order valence-electron chi connectivity index (χ1n) is 7.36. The number of hydroxylamine groups is 1.